The van der Waals surface area contributed by atoms with Gasteiger partial charge in [-0.15, -0.1) is 0 Å². The Hall–Kier alpha value is -2.27. The SMILES string of the molecule is CCCCCOc1cc(NC(=O)c2ccccc2N)c(F)cc1Cl. The number of anilines is 2. The first-order valence-corrected chi connectivity index (χ1v) is 8.18. The summed E-state index contributed by atoms with van der Waals surface area (Å²) in [7, 11) is 0. The van der Waals surface area contributed by atoms with Gasteiger partial charge in [-0.25, -0.2) is 4.39 Å². The summed E-state index contributed by atoms with van der Waals surface area (Å²) in [6.45, 7) is 2.58. The Kier molecular flexibility index (Phi) is 6.44. The molecule has 0 spiro atoms. The van der Waals surface area contributed by atoms with Crippen LogP contribution in [0.3, 0.4) is 0 Å². The van der Waals surface area contributed by atoms with E-state index < -0.39 is 11.7 Å². The average Bonchev–Trinajstić information content (AvgIpc) is 2.55. The molecular formula is C18H20ClFN2O2. The number of rotatable bonds is 7. The summed E-state index contributed by atoms with van der Waals surface area (Å²) in [5.74, 6) is -0.791. The number of nitrogens with two attached hydrogens (primary N) is 1. The Morgan fingerprint density at radius 3 is 2.75 bits per heavy atom. The third-order valence-corrected chi connectivity index (χ3v) is 3.78. The monoisotopic (exact) mass is 350 g/mol. The number of ether oxygens (including phenoxy) is 1. The van der Waals surface area contributed by atoms with E-state index in [2.05, 4.69) is 12.2 Å². The minimum atomic E-state index is -0.635. The van der Waals surface area contributed by atoms with Gasteiger partial charge in [-0.3, -0.25) is 4.79 Å². The lowest BCUT2D eigenvalue weighted by atomic mass is 10.1. The van der Waals surface area contributed by atoms with Gasteiger partial charge < -0.3 is 15.8 Å². The molecule has 3 N–H and O–H groups in total. The third kappa shape index (κ3) is 4.61. The minimum Gasteiger partial charge on any atom is -0.492 e. The predicted molar refractivity (Wildman–Crippen MR) is 95.2 cm³/mol. The molecule has 2 aromatic rings. The Morgan fingerprint density at radius 1 is 1.29 bits per heavy atom. The maximum Gasteiger partial charge on any atom is 0.257 e. The summed E-state index contributed by atoms with van der Waals surface area (Å²) in [6, 6.07) is 9.10. The second kappa shape index (κ2) is 8.55. The summed E-state index contributed by atoms with van der Waals surface area (Å²) in [6.07, 6.45) is 2.99. The van der Waals surface area contributed by atoms with Crippen LogP contribution < -0.4 is 15.8 Å². The normalized spacial score (nSPS) is 10.5. The van der Waals surface area contributed by atoms with Crippen molar-refractivity contribution in [2.45, 2.75) is 26.2 Å². The molecule has 2 rings (SSSR count). The zero-order valence-electron chi connectivity index (χ0n) is 13.4. The highest BCUT2D eigenvalue weighted by Crippen LogP contribution is 2.31. The molecular weight excluding hydrogens is 331 g/mol. The van der Waals surface area contributed by atoms with E-state index in [9.17, 15) is 9.18 Å². The Labute approximate surface area is 145 Å². The van der Waals surface area contributed by atoms with Crippen LogP contribution in [-0.4, -0.2) is 12.5 Å². The predicted octanol–water partition coefficient (Wildman–Crippen LogP) is 4.88. The highest BCUT2D eigenvalue weighted by atomic mass is 35.5. The maximum absolute atomic E-state index is 14.1. The van der Waals surface area contributed by atoms with Crippen LogP contribution in [0, 0.1) is 5.82 Å². The minimum absolute atomic E-state index is 0.00172. The first-order chi connectivity index (χ1) is 11.5. The summed E-state index contributed by atoms with van der Waals surface area (Å²) in [5, 5.41) is 2.67. The molecule has 0 heterocycles. The molecule has 0 aliphatic heterocycles. The lowest BCUT2D eigenvalue weighted by molar-refractivity contribution is 0.102. The van der Waals surface area contributed by atoms with Crippen molar-refractivity contribution >= 4 is 28.9 Å². The van der Waals surface area contributed by atoms with Crippen LogP contribution in [0.1, 0.15) is 36.5 Å². The van der Waals surface area contributed by atoms with Gasteiger partial charge in [-0.1, -0.05) is 43.5 Å². The molecule has 1 amide bonds. The molecule has 128 valence electrons. The lowest BCUT2D eigenvalue weighted by Gasteiger charge is -2.12. The van der Waals surface area contributed by atoms with Gasteiger partial charge in [0.2, 0.25) is 0 Å². The van der Waals surface area contributed by atoms with Crippen molar-refractivity contribution in [3.05, 3.63) is 52.8 Å². The van der Waals surface area contributed by atoms with Gasteiger partial charge in [0.15, 0.2) is 0 Å². The molecule has 0 unspecified atom stereocenters. The van der Waals surface area contributed by atoms with Gasteiger partial charge in [-0.05, 0) is 24.6 Å². The van der Waals surface area contributed by atoms with Crippen molar-refractivity contribution in [2.75, 3.05) is 17.7 Å². The number of para-hydroxylation sites is 1. The standard InChI is InChI=1S/C18H20ClFN2O2/c1-2-3-6-9-24-17-11-16(14(20)10-13(17)19)22-18(23)12-7-4-5-8-15(12)21/h4-5,7-8,10-11H,2-3,6,9,21H2,1H3,(H,22,23). The molecule has 0 saturated carbocycles. The van der Waals surface area contributed by atoms with Crippen LogP contribution in [0.15, 0.2) is 36.4 Å². The van der Waals surface area contributed by atoms with Crippen molar-refractivity contribution in [3.63, 3.8) is 0 Å². The number of carbonyl (C=O) groups excluding carboxylic acids is 1. The van der Waals surface area contributed by atoms with Crippen molar-refractivity contribution in [2.24, 2.45) is 0 Å². The van der Waals surface area contributed by atoms with Crippen LogP contribution in [0.2, 0.25) is 5.02 Å². The van der Waals surface area contributed by atoms with E-state index in [1.54, 1.807) is 24.3 Å². The van der Waals surface area contributed by atoms with Gasteiger partial charge in [-0.2, -0.15) is 0 Å². The number of nitrogens with one attached hydrogen (secondary N) is 1. The first-order valence-electron chi connectivity index (χ1n) is 7.80. The zero-order chi connectivity index (χ0) is 17.5. The average molecular weight is 351 g/mol. The highest BCUT2D eigenvalue weighted by molar-refractivity contribution is 6.32. The number of halogens is 2. The number of hydrogen-bond acceptors (Lipinski definition) is 3. The van der Waals surface area contributed by atoms with E-state index in [0.29, 0.717) is 18.0 Å². The zero-order valence-corrected chi connectivity index (χ0v) is 14.2. The maximum atomic E-state index is 14.1. The molecule has 0 radical (unpaired) electrons. The Balaban J connectivity index is 2.14. The second-order valence-electron chi connectivity index (χ2n) is 5.36. The summed E-state index contributed by atoms with van der Waals surface area (Å²) < 4.78 is 19.6. The van der Waals surface area contributed by atoms with E-state index in [4.69, 9.17) is 22.1 Å². The molecule has 0 saturated heterocycles. The fourth-order valence-electron chi connectivity index (χ4n) is 2.16. The molecule has 0 aromatic heterocycles. The van der Waals surface area contributed by atoms with Gasteiger partial charge in [0.25, 0.3) is 5.91 Å². The van der Waals surface area contributed by atoms with E-state index in [-0.39, 0.29) is 16.3 Å². The number of amides is 1. The smallest absolute Gasteiger partial charge is 0.257 e. The van der Waals surface area contributed by atoms with Crippen LogP contribution in [0.4, 0.5) is 15.8 Å². The summed E-state index contributed by atoms with van der Waals surface area (Å²) in [5.41, 5.74) is 6.35. The van der Waals surface area contributed by atoms with E-state index in [0.717, 1.165) is 25.3 Å². The fourth-order valence-corrected chi connectivity index (χ4v) is 2.37. The van der Waals surface area contributed by atoms with Crippen molar-refractivity contribution in [1.29, 1.82) is 0 Å². The molecule has 6 heteroatoms. The second-order valence-corrected chi connectivity index (χ2v) is 5.77. The van der Waals surface area contributed by atoms with Crippen LogP contribution in [-0.2, 0) is 0 Å². The largest absolute Gasteiger partial charge is 0.492 e. The van der Waals surface area contributed by atoms with Crippen molar-refractivity contribution in [3.8, 4) is 5.75 Å². The molecule has 0 aliphatic rings. The number of unbranched alkanes of at least 4 members (excludes halogenated alkanes) is 2. The van der Waals surface area contributed by atoms with E-state index in [1.165, 1.54) is 6.07 Å². The van der Waals surface area contributed by atoms with Gasteiger partial charge in [0, 0.05) is 11.8 Å². The van der Waals surface area contributed by atoms with Crippen LogP contribution in [0.25, 0.3) is 0 Å². The highest BCUT2D eigenvalue weighted by Gasteiger charge is 2.15. The number of benzene rings is 2. The number of hydrogen-bond donors (Lipinski definition) is 2. The fraction of sp³-hybridized carbons (Fsp3) is 0.278. The van der Waals surface area contributed by atoms with Gasteiger partial charge >= 0.3 is 0 Å². The Bertz CT molecular complexity index is 722. The van der Waals surface area contributed by atoms with Gasteiger partial charge in [0.05, 0.1) is 22.9 Å². The lowest BCUT2D eigenvalue weighted by Crippen LogP contribution is -2.15. The quantitative estimate of drug-likeness (QED) is 0.552. The molecule has 24 heavy (non-hydrogen) atoms. The molecule has 4 nitrogen and oxygen atoms in total. The summed E-state index contributed by atoms with van der Waals surface area (Å²) >= 11 is 6.00. The molecule has 0 atom stereocenters. The third-order valence-electron chi connectivity index (χ3n) is 3.48. The molecule has 0 bridgehead atoms. The topological polar surface area (TPSA) is 64.3 Å². The summed E-state index contributed by atoms with van der Waals surface area (Å²) in [4.78, 5) is 12.3. The first kappa shape index (κ1) is 18.1. The number of carbonyl (C=O) groups is 1. The van der Waals surface area contributed by atoms with Crippen molar-refractivity contribution in [1.82, 2.24) is 0 Å². The molecule has 0 fully saturated rings. The molecule has 0 aliphatic carbocycles. The molecule has 2 aromatic carbocycles. The van der Waals surface area contributed by atoms with Crippen LogP contribution >= 0.6 is 11.6 Å². The van der Waals surface area contributed by atoms with Gasteiger partial charge in [0.1, 0.15) is 11.6 Å². The van der Waals surface area contributed by atoms with E-state index >= 15 is 0 Å². The number of nitrogen functional groups attached to an aromatic ring is 1. The Morgan fingerprint density at radius 2 is 2.04 bits per heavy atom. The van der Waals surface area contributed by atoms with Crippen LogP contribution in [0.5, 0.6) is 5.75 Å². The van der Waals surface area contributed by atoms with E-state index in [1.807, 2.05) is 0 Å². The van der Waals surface area contributed by atoms with Crippen molar-refractivity contribution < 1.29 is 13.9 Å².